The maximum absolute atomic E-state index is 7.62. The molecule has 8 heavy (non-hydrogen) atoms. The highest BCUT2D eigenvalue weighted by molar-refractivity contribution is 4.58. The highest BCUT2D eigenvalue weighted by Gasteiger charge is 2.13. The summed E-state index contributed by atoms with van der Waals surface area (Å²) in [6, 6.07) is 0. The lowest BCUT2D eigenvalue weighted by Crippen LogP contribution is -1.85. The number of hydrogen-bond acceptors (Lipinski definition) is 3. The van der Waals surface area contributed by atoms with Crippen LogP contribution in [0.25, 0.3) is 0 Å². The number of aliphatic hydroxyl groups excluding tert-OH is 2. The minimum Gasteiger partial charge on any atom is -0.394 e. The smallest absolute Gasteiger partial charge is 0.0781 e. The van der Waals surface area contributed by atoms with Gasteiger partial charge in [-0.2, -0.15) is 0 Å². The van der Waals surface area contributed by atoms with Crippen LogP contribution in [0.5, 0.6) is 0 Å². The largest absolute Gasteiger partial charge is 0.394 e. The fourth-order valence-electron chi connectivity index (χ4n) is 0.0962. The Morgan fingerprint density at radius 2 is 1.75 bits per heavy atom. The van der Waals surface area contributed by atoms with Gasteiger partial charge < -0.3 is 14.9 Å². The van der Waals surface area contributed by atoms with Gasteiger partial charge in [0.25, 0.3) is 0 Å². The lowest BCUT2D eigenvalue weighted by atomic mass is 10.6. The Hall–Kier alpha value is -0.120. The van der Waals surface area contributed by atoms with Crippen molar-refractivity contribution in [2.45, 2.75) is 13.0 Å². The molecule has 0 aromatic carbocycles. The number of epoxide rings is 1. The van der Waals surface area contributed by atoms with Crippen molar-refractivity contribution in [1.29, 1.82) is 0 Å². The lowest BCUT2D eigenvalue weighted by Gasteiger charge is -1.70. The van der Waals surface area contributed by atoms with Crippen molar-refractivity contribution in [3.05, 3.63) is 0 Å². The summed E-state index contributed by atoms with van der Waals surface area (Å²) in [5, 5.41) is 15.2. The first-order valence-corrected chi connectivity index (χ1v) is 2.64. The van der Waals surface area contributed by atoms with Crippen molar-refractivity contribution < 1.29 is 14.9 Å². The van der Waals surface area contributed by atoms with E-state index in [-0.39, 0.29) is 13.2 Å². The maximum Gasteiger partial charge on any atom is 0.0781 e. The van der Waals surface area contributed by atoms with Crippen LogP contribution in [0.1, 0.15) is 6.92 Å². The molecule has 0 aromatic rings. The van der Waals surface area contributed by atoms with E-state index in [1.165, 1.54) is 0 Å². The fraction of sp³-hybridized carbons (Fsp3) is 1.00. The Bertz CT molecular complexity index is 40.9. The number of aliphatic hydroxyl groups is 2. The molecule has 1 aliphatic heterocycles. The lowest BCUT2D eigenvalue weighted by molar-refractivity contribution is 0.186. The molecule has 0 radical (unpaired) electrons. The third kappa shape index (κ3) is 9.30. The second-order valence-corrected chi connectivity index (χ2v) is 1.59. The molecule has 1 aliphatic rings. The maximum atomic E-state index is 7.62. The Kier molecular flexibility index (Phi) is 4.95. The SMILES string of the molecule is CC1CO1.OCCO. The number of hydrogen-bond donors (Lipinski definition) is 2. The highest BCUT2D eigenvalue weighted by Crippen LogP contribution is 2.04. The molecule has 0 bridgehead atoms. The van der Waals surface area contributed by atoms with Gasteiger partial charge in [-0.15, -0.1) is 0 Å². The van der Waals surface area contributed by atoms with Crippen LogP contribution in [-0.4, -0.2) is 36.1 Å². The summed E-state index contributed by atoms with van der Waals surface area (Å²) in [6.45, 7) is 2.79. The molecule has 1 rings (SSSR count). The standard InChI is InChI=1S/C3H6O.C2H6O2/c1-3-2-4-3;3-1-2-4/h3H,2H2,1H3;3-4H,1-2H2. The predicted octanol–water partition coefficient (Wildman–Crippen LogP) is -0.624. The van der Waals surface area contributed by atoms with E-state index in [1.54, 1.807) is 0 Å². The third-order valence-corrected chi connectivity index (χ3v) is 0.600. The van der Waals surface area contributed by atoms with E-state index in [2.05, 4.69) is 6.92 Å². The Morgan fingerprint density at radius 1 is 1.50 bits per heavy atom. The molecule has 0 aromatic heterocycles. The van der Waals surface area contributed by atoms with Gasteiger partial charge in [0.15, 0.2) is 0 Å². The van der Waals surface area contributed by atoms with Crippen molar-refractivity contribution in [3.8, 4) is 0 Å². The minimum atomic E-state index is -0.125. The summed E-state index contributed by atoms with van der Waals surface area (Å²) in [4.78, 5) is 0. The van der Waals surface area contributed by atoms with Crippen LogP contribution in [0.2, 0.25) is 0 Å². The zero-order valence-electron chi connectivity index (χ0n) is 5.00. The zero-order chi connectivity index (χ0) is 6.41. The van der Waals surface area contributed by atoms with Crippen molar-refractivity contribution >= 4 is 0 Å². The molecule has 3 heteroatoms. The van der Waals surface area contributed by atoms with E-state index in [4.69, 9.17) is 14.9 Å². The van der Waals surface area contributed by atoms with Gasteiger partial charge in [-0.1, -0.05) is 0 Å². The first-order chi connectivity index (χ1) is 3.81. The number of rotatable bonds is 1. The zero-order valence-corrected chi connectivity index (χ0v) is 5.00. The molecule has 1 fully saturated rings. The van der Waals surface area contributed by atoms with E-state index >= 15 is 0 Å². The number of ether oxygens (including phenoxy) is 1. The van der Waals surface area contributed by atoms with Crippen LogP contribution >= 0.6 is 0 Å². The van der Waals surface area contributed by atoms with Gasteiger partial charge >= 0.3 is 0 Å². The molecule has 50 valence electrons. The van der Waals surface area contributed by atoms with Crippen LogP contribution in [0.4, 0.5) is 0 Å². The van der Waals surface area contributed by atoms with Crippen LogP contribution in [0.3, 0.4) is 0 Å². The summed E-state index contributed by atoms with van der Waals surface area (Å²) < 4.78 is 4.71. The van der Waals surface area contributed by atoms with Crippen LogP contribution < -0.4 is 0 Å². The van der Waals surface area contributed by atoms with E-state index in [1.807, 2.05) is 0 Å². The topological polar surface area (TPSA) is 53.0 Å². The molecular weight excluding hydrogens is 108 g/mol. The summed E-state index contributed by atoms with van der Waals surface area (Å²) in [6.07, 6.45) is 0.583. The quantitative estimate of drug-likeness (QED) is 0.453. The predicted molar refractivity (Wildman–Crippen MR) is 29.6 cm³/mol. The van der Waals surface area contributed by atoms with Crippen LogP contribution in [0, 0.1) is 0 Å². The Labute approximate surface area is 48.9 Å². The fourth-order valence-corrected chi connectivity index (χ4v) is 0.0962. The monoisotopic (exact) mass is 120 g/mol. The molecule has 0 aliphatic carbocycles. The molecule has 0 spiro atoms. The molecule has 1 unspecified atom stereocenters. The minimum absolute atomic E-state index is 0.125. The molecule has 0 saturated carbocycles. The van der Waals surface area contributed by atoms with Gasteiger partial charge in [-0.05, 0) is 6.92 Å². The Balaban J connectivity index is 0.000000122. The first kappa shape index (κ1) is 7.88. The molecule has 1 atom stereocenters. The average molecular weight is 120 g/mol. The van der Waals surface area contributed by atoms with E-state index in [0.717, 1.165) is 6.61 Å². The first-order valence-electron chi connectivity index (χ1n) is 2.64. The summed E-state index contributed by atoms with van der Waals surface area (Å²) in [7, 11) is 0. The second-order valence-electron chi connectivity index (χ2n) is 1.59. The van der Waals surface area contributed by atoms with Crippen molar-refractivity contribution in [2.75, 3.05) is 19.8 Å². The van der Waals surface area contributed by atoms with Crippen molar-refractivity contribution in [2.24, 2.45) is 0 Å². The van der Waals surface area contributed by atoms with Gasteiger partial charge in [0.2, 0.25) is 0 Å². The summed E-state index contributed by atoms with van der Waals surface area (Å²) >= 11 is 0. The molecular formula is C5H12O3. The molecule has 2 N–H and O–H groups in total. The van der Waals surface area contributed by atoms with E-state index in [0.29, 0.717) is 6.10 Å². The Morgan fingerprint density at radius 3 is 1.75 bits per heavy atom. The van der Waals surface area contributed by atoms with Crippen molar-refractivity contribution in [3.63, 3.8) is 0 Å². The van der Waals surface area contributed by atoms with Crippen molar-refractivity contribution in [1.82, 2.24) is 0 Å². The normalized spacial score (nSPS) is 23.6. The van der Waals surface area contributed by atoms with Gasteiger partial charge in [-0.3, -0.25) is 0 Å². The molecule has 3 nitrogen and oxygen atoms in total. The average Bonchev–Trinajstić information content (AvgIpc) is 2.52. The van der Waals surface area contributed by atoms with Crippen LogP contribution in [0.15, 0.2) is 0 Å². The van der Waals surface area contributed by atoms with Gasteiger partial charge in [0.05, 0.1) is 25.9 Å². The molecule has 1 heterocycles. The van der Waals surface area contributed by atoms with Crippen LogP contribution in [-0.2, 0) is 4.74 Å². The second kappa shape index (κ2) is 5.03. The summed E-state index contributed by atoms with van der Waals surface area (Å²) in [5.41, 5.74) is 0. The van der Waals surface area contributed by atoms with Gasteiger partial charge in [-0.25, -0.2) is 0 Å². The highest BCUT2D eigenvalue weighted by atomic mass is 16.6. The molecule has 1 saturated heterocycles. The summed E-state index contributed by atoms with van der Waals surface area (Å²) in [5.74, 6) is 0. The van der Waals surface area contributed by atoms with E-state index in [9.17, 15) is 0 Å². The molecule has 0 amide bonds. The van der Waals surface area contributed by atoms with Gasteiger partial charge in [0.1, 0.15) is 0 Å². The van der Waals surface area contributed by atoms with E-state index < -0.39 is 0 Å². The third-order valence-electron chi connectivity index (χ3n) is 0.600. The van der Waals surface area contributed by atoms with Gasteiger partial charge in [0, 0.05) is 0 Å².